The number of anilines is 2. The molecule has 0 saturated carbocycles. The van der Waals surface area contributed by atoms with Crippen LogP contribution in [0.1, 0.15) is 22.5 Å². The lowest BCUT2D eigenvalue weighted by molar-refractivity contribution is 0.311. The summed E-state index contributed by atoms with van der Waals surface area (Å²) in [4.78, 5) is 19.7. The number of fused-ring (bicyclic) bond motifs is 1. The second-order valence-corrected chi connectivity index (χ2v) is 6.94. The number of nitrogens with zero attached hydrogens (tertiary/aromatic N) is 5. The normalized spacial score (nSPS) is 13.6. The van der Waals surface area contributed by atoms with E-state index < -0.39 is 0 Å². The van der Waals surface area contributed by atoms with Crippen LogP contribution in [-0.4, -0.2) is 38.2 Å². The Balaban J connectivity index is 1.76. The number of aryl methyl sites for hydroxylation is 3. The van der Waals surface area contributed by atoms with Crippen molar-refractivity contribution in [3.05, 3.63) is 47.0 Å². The second kappa shape index (κ2) is 6.95. The zero-order valence-corrected chi connectivity index (χ0v) is 16.1. The number of aromatic nitrogens is 4. The molecule has 1 aliphatic heterocycles. The number of rotatable bonds is 2. The largest absolute Gasteiger partial charge is 0.504 e. The lowest BCUT2D eigenvalue weighted by Crippen LogP contribution is -2.27. The summed E-state index contributed by atoms with van der Waals surface area (Å²) in [7, 11) is 0. The Labute approximate surface area is 163 Å². The number of phenols is 1. The van der Waals surface area contributed by atoms with E-state index in [-0.39, 0.29) is 5.75 Å². The SMILES string of the molecule is Cc1cnc(C)c(-c2cc(O)c3c(c2)CN(c2ncc(C)c(N)n2)CCO3)n1. The van der Waals surface area contributed by atoms with Gasteiger partial charge in [0, 0.05) is 35.6 Å². The molecule has 3 heterocycles. The molecule has 0 fully saturated rings. The van der Waals surface area contributed by atoms with Gasteiger partial charge in [0.05, 0.1) is 23.6 Å². The molecule has 3 aromatic rings. The van der Waals surface area contributed by atoms with Crippen LogP contribution in [-0.2, 0) is 6.54 Å². The summed E-state index contributed by atoms with van der Waals surface area (Å²) >= 11 is 0. The van der Waals surface area contributed by atoms with Gasteiger partial charge >= 0.3 is 0 Å². The third-order valence-electron chi connectivity index (χ3n) is 4.75. The van der Waals surface area contributed by atoms with E-state index in [4.69, 9.17) is 10.5 Å². The van der Waals surface area contributed by atoms with E-state index in [0.29, 0.717) is 37.2 Å². The molecule has 0 amide bonds. The Kier molecular flexibility index (Phi) is 4.46. The number of hydrogen-bond acceptors (Lipinski definition) is 8. The average molecular weight is 378 g/mol. The molecule has 0 radical (unpaired) electrons. The summed E-state index contributed by atoms with van der Waals surface area (Å²) in [5, 5.41) is 10.6. The van der Waals surface area contributed by atoms with Crippen LogP contribution in [0.15, 0.2) is 24.5 Å². The summed E-state index contributed by atoms with van der Waals surface area (Å²) < 4.78 is 5.82. The lowest BCUT2D eigenvalue weighted by atomic mass is 10.0. The van der Waals surface area contributed by atoms with Gasteiger partial charge in [-0.25, -0.2) is 9.97 Å². The van der Waals surface area contributed by atoms with Gasteiger partial charge in [0.1, 0.15) is 12.4 Å². The summed E-state index contributed by atoms with van der Waals surface area (Å²) in [5.41, 5.74) is 10.8. The van der Waals surface area contributed by atoms with E-state index in [0.717, 1.165) is 33.8 Å². The molecule has 8 nitrogen and oxygen atoms in total. The lowest BCUT2D eigenvalue weighted by Gasteiger charge is -2.20. The van der Waals surface area contributed by atoms with Crippen LogP contribution in [0.4, 0.5) is 11.8 Å². The van der Waals surface area contributed by atoms with Crippen LogP contribution in [0.2, 0.25) is 0 Å². The number of nitrogen functional groups attached to an aromatic ring is 1. The van der Waals surface area contributed by atoms with E-state index in [1.165, 1.54) is 0 Å². The third kappa shape index (κ3) is 3.28. The predicted octanol–water partition coefficient (Wildman–Crippen LogP) is 2.55. The fraction of sp³-hybridized carbons (Fsp3) is 0.300. The van der Waals surface area contributed by atoms with Gasteiger partial charge < -0.3 is 20.5 Å². The van der Waals surface area contributed by atoms with Gasteiger partial charge in [0.15, 0.2) is 11.5 Å². The number of ether oxygens (including phenoxy) is 1. The van der Waals surface area contributed by atoms with Gasteiger partial charge in [0.25, 0.3) is 0 Å². The summed E-state index contributed by atoms with van der Waals surface area (Å²) in [6.45, 7) is 7.13. The molecule has 0 spiro atoms. The van der Waals surface area contributed by atoms with Crippen molar-refractivity contribution in [1.82, 2.24) is 19.9 Å². The number of phenolic OH excluding ortho intramolecular Hbond substituents is 1. The van der Waals surface area contributed by atoms with Crippen LogP contribution < -0.4 is 15.4 Å². The first-order chi connectivity index (χ1) is 13.4. The van der Waals surface area contributed by atoms with Crippen molar-refractivity contribution in [2.75, 3.05) is 23.8 Å². The maximum absolute atomic E-state index is 10.6. The Morgan fingerprint density at radius 3 is 2.71 bits per heavy atom. The molecule has 1 aliphatic rings. The van der Waals surface area contributed by atoms with E-state index in [1.807, 2.05) is 31.7 Å². The zero-order valence-electron chi connectivity index (χ0n) is 16.1. The van der Waals surface area contributed by atoms with Crippen LogP contribution in [0, 0.1) is 20.8 Å². The molecule has 0 bridgehead atoms. The molecule has 0 aliphatic carbocycles. The predicted molar refractivity (Wildman–Crippen MR) is 106 cm³/mol. The van der Waals surface area contributed by atoms with Gasteiger partial charge in [0.2, 0.25) is 5.95 Å². The first kappa shape index (κ1) is 18.0. The highest BCUT2D eigenvalue weighted by Gasteiger charge is 2.22. The third-order valence-corrected chi connectivity index (χ3v) is 4.75. The second-order valence-electron chi connectivity index (χ2n) is 6.94. The highest BCUT2D eigenvalue weighted by Crippen LogP contribution is 2.38. The van der Waals surface area contributed by atoms with Crippen molar-refractivity contribution in [2.45, 2.75) is 27.3 Å². The van der Waals surface area contributed by atoms with E-state index in [2.05, 4.69) is 19.9 Å². The summed E-state index contributed by atoms with van der Waals surface area (Å²) in [6, 6.07) is 3.65. The van der Waals surface area contributed by atoms with Crippen LogP contribution >= 0.6 is 0 Å². The molecular weight excluding hydrogens is 356 g/mol. The minimum atomic E-state index is 0.0846. The van der Waals surface area contributed by atoms with Crippen LogP contribution in [0.25, 0.3) is 11.3 Å². The zero-order chi connectivity index (χ0) is 19.8. The molecule has 144 valence electrons. The smallest absolute Gasteiger partial charge is 0.227 e. The van der Waals surface area contributed by atoms with E-state index in [9.17, 15) is 5.11 Å². The molecule has 0 saturated heterocycles. The minimum Gasteiger partial charge on any atom is -0.504 e. The summed E-state index contributed by atoms with van der Waals surface area (Å²) in [6.07, 6.45) is 3.44. The fourth-order valence-corrected chi connectivity index (χ4v) is 3.22. The van der Waals surface area contributed by atoms with Crippen molar-refractivity contribution in [3.8, 4) is 22.8 Å². The molecule has 0 atom stereocenters. The summed E-state index contributed by atoms with van der Waals surface area (Å²) in [5.74, 6) is 1.56. The molecule has 8 heteroatoms. The number of hydrogen-bond donors (Lipinski definition) is 2. The minimum absolute atomic E-state index is 0.0846. The van der Waals surface area contributed by atoms with Crippen molar-refractivity contribution in [3.63, 3.8) is 0 Å². The highest BCUT2D eigenvalue weighted by atomic mass is 16.5. The average Bonchev–Trinajstić information content (AvgIpc) is 2.89. The van der Waals surface area contributed by atoms with Crippen molar-refractivity contribution >= 4 is 11.8 Å². The molecule has 3 N–H and O–H groups in total. The van der Waals surface area contributed by atoms with Gasteiger partial charge in [-0.3, -0.25) is 4.98 Å². The molecule has 2 aromatic heterocycles. The van der Waals surface area contributed by atoms with Crippen LogP contribution in [0.3, 0.4) is 0 Å². The van der Waals surface area contributed by atoms with Gasteiger partial charge in [-0.2, -0.15) is 4.98 Å². The maximum atomic E-state index is 10.6. The molecule has 28 heavy (non-hydrogen) atoms. The first-order valence-corrected chi connectivity index (χ1v) is 9.05. The fourth-order valence-electron chi connectivity index (χ4n) is 3.22. The van der Waals surface area contributed by atoms with Gasteiger partial charge in [-0.15, -0.1) is 0 Å². The number of aromatic hydroxyl groups is 1. The van der Waals surface area contributed by atoms with Crippen molar-refractivity contribution < 1.29 is 9.84 Å². The van der Waals surface area contributed by atoms with E-state index in [1.54, 1.807) is 18.5 Å². The van der Waals surface area contributed by atoms with Gasteiger partial charge in [-0.05, 0) is 32.9 Å². The van der Waals surface area contributed by atoms with Gasteiger partial charge in [-0.1, -0.05) is 0 Å². The number of nitrogens with two attached hydrogens (primary N) is 1. The monoisotopic (exact) mass is 378 g/mol. The Hall–Kier alpha value is -3.42. The molecular formula is C20H22N6O2. The standard InChI is InChI=1S/C20H22N6O2/c1-11-8-23-20(25-19(11)21)26-4-5-28-18-15(10-26)6-14(7-16(18)27)17-13(3)22-9-12(2)24-17/h6-9,27H,4-5,10H2,1-3H3,(H2,21,23,25). The Bertz CT molecular complexity index is 1050. The molecule has 4 rings (SSSR count). The van der Waals surface area contributed by atoms with E-state index >= 15 is 0 Å². The maximum Gasteiger partial charge on any atom is 0.227 e. The molecule has 0 unspecified atom stereocenters. The topological polar surface area (TPSA) is 110 Å². The van der Waals surface area contributed by atoms with Crippen molar-refractivity contribution in [2.24, 2.45) is 0 Å². The molecule has 1 aromatic carbocycles. The quantitative estimate of drug-likeness (QED) is 0.700. The van der Waals surface area contributed by atoms with Crippen LogP contribution in [0.5, 0.6) is 11.5 Å². The Morgan fingerprint density at radius 1 is 1.11 bits per heavy atom. The number of benzene rings is 1. The Morgan fingerprint density at radius 2 is 1.93 bits per heavy atom. The first-order valence-electron chi connectivity index (χ1n) is 9.05. The van der Waals surface area contributed by atoms with Crippen molar-refractivity contribution in [1.29, 1.82) is 0 Å². The highest BCUT2D eigenvalue weighted by molar-refractivity contribution is 5.68.